The highest BCUT2D eigenvalue weighted by Gasteiger charge is 2.58. The van der Waals surface area contributed by atoms with E-state index in [1.807, 2.05) is 13.8 Å². The van der Waals surface area contributed by atoms with E-state index in [0.717, 1.165) is 18.4 Å². The summed E-state index contributed by atoms with van der Waals surface area (Å²) in [5, 5.41) is 23.6. The number of nitriles is 1. The third kappa shape index (κ3) is 4.35. The first kappa shape index (κ1) is 24.0. The monoisotopic (exact) mass is 473 g/mol. The number of likely N-dealkylation sites (tertiary alicyclic amines) is 1. The summed E-state index contributed by atoms with van der Waals surface area (Å²) in [6.45, 7) is 5.27. The van der Waals surface area contributed by atoms with Gasteiger partial charge >= 0.3 is 0 Å². The maximum atomic E-state index is 13.9. The molecule has 9 heteroatoms. The highest BCUT2D eigenvalue weighted by Crippen LogP contribution is 2.41. The van der Waals surface area contributed by atoms with E-state index in [-0.39, 0.29) is 43.1 Å². The van der Waals surface area contributed by atoms with Crippen LogP contribution in [-0.4, -0.2) is 82.2 Å². The Balaban J connectivity index is 1.67. The smallest absolute Gasteiger partial charge is 0.250 e. The van der Waals surface area contributed by atoms with Crippen LogP contribution in [0.4, 0.5) is 0 Å². The number of aliphatic hydroxyl groups excluding tert-OH is 1. The van der Waals surface area contributed by atoms with Crippen LogP contribution < -0.4 is 5.32 Å². The molecule has 4 atom stereocenters. The zero-order valence-corrected chi connectivity index (χ0v) is 20.0. The summed E-state index contributed by atoms with van der Waals surface area (Å²) >= 11 is 6.06. The summed E-state index contributed by atoms with van der Waals surface area (Å²) in [5.41, 5.74) is -0.285. The molecule has 4 rings (SSSR count). The van der Waals surface area contributed by atoms with Crippen LogP contribution in [0.15, 0.2) is 24.3 Å². The average Bonchev–Trinajstić information content (AvgIpc) is 3.25. The van der Waals surface area contributed by atoms with Crippen LogP contribution >= 0.6 is 11.6 Å². The van der Waals surface area contributed by atoms with Gasteiger partial charge in [0.15, 0.2) is 0 Å². The number of aliphatic hydroxyl groups is 1. The van der Waals surface area contributed by atoms with Gasteiger partial charge in [-0.25, -0.2) is 0 Å². The largest absolute Gasteiger partial charge is 0.394 e. The van der Waals surface area contributed by atoms with Gasteiger partial charge in [-0.3, -0.25) is 14.5 Å². The van der Waals surface area contributed by atoms with E-state index in [1.54, 1.807) is 34.1 Å². The van der Waals surface area contributed by atoms with Crippen molar-refractivity contribution >= 4 is 23.4 Å². The lowest BCUT2D eigenvalue weighted by molar-refractivity contribution is -0.171. The average molecular weight is 474 g/mol. The van der Waals surface area contributed by atoms with Crippen LogP contribution in [0.2, 0.25) is 5.02 Å². The van der Waals surface area contributed by atoms with E-state index in [2.05, 4.69) is 16.3 Å². The number of rotatable bonds is 5. The Hall–Kier alpha value is -2.18. The number of hydrogen-bond donors (Lipinski definition) is 2. The third-order valence-corrected chi connectivity index (χ3v) is 7.60. The fraction of sp³-hybridized carbons (Fsp3) is 0.625. The van der Waals surface area contributed by atoms with Crippen molar-refractivity contribution in [3.63, 3.8) is 0 Å². The lowest BCUT2D eigenvalue weighted by Crippen LogP contribution is -2.71. The van der Waals surface area contributed by atoms with Gasteiger partial charge in [-0.15, -0.1) is 0 Å². The van der Waals surface area contributed by atoms with Crippen molar-refractivity contribution in [2.75, 3.05) is 32.8 Å². The van der Waals surface area contributed by atoms with Gasteiger partial charge in [0.05, 0.1) is 30.8 Å². The highest BCUT2D eigenvalue weighted by atomic mass is 35.5. The second kappa shape index (κ2) is 9.59. The van der Waals surface area contributed by atoms with Crippen molar-refractivity contribution in [1.29, 1.82) is 5.26 Å². The molecule has 2 N–H and O–H groups in total. The van der Waals surface area contributed by atoms with Gasteiger partial charge in [0.2, 0.25) is 5.91 Å². The first-order chi connectivity index (χ1) is 15.8. The van der Waals surface area contributed by atoms with Crippen molar-refractivity contribution in [1.82, 2.24) is 20.0 Å². The van der Waals surface area contributed by atoms with Gasteiger partial charge in [-0.1, -0.05) is 23.7 Å². The van der Waals surface area contributed by atoms with Crippen molar-refractivity contribution in [2.24, 2.45) is 5.92 Å². The van der Waals surface area contributed by atoms with Gasteiger partial charge < -0.3 is 20.2 Å². The topological polar surface area (TPSA) is 99.9 Å². The molecule has 0 bridgehead atoms. The minimum absolute atomic E-state index is 0.00677. The fourth-order valence-corrected chi connectivity index (χ4v) is 5.66. The molecule has 1 aromatic rings. The maximum Gasteiger partial charge on any atom is 0.250 e. The van der Waals surface area contributed by atoms with Crippen LogP contribution in [0.25, 0.3) is 0 Å². The molecule has 1 spiro atoms. The van der Waals surface area contributed by atoms with Crippen molar-refractivity contribution in [3.05, 3.63) is 34.9 Å². The number of halogens is 1. The molecule has 3 heterocycles. The molecule has 0 aromatic heterocycles. The van der Waals surface area contributed by atoms with Crippen LogP contribution in [0.1, 0.15) is 44.7 Å². The SMILES string of the molecule is CC(C)N1CC(=O)N(C(CO)c2ccc(Cl)cc2)C2(CCN(C3CCC(C#N)CN3)C2)C1=O. The lowest BCUT2D eigenvalue weighted by Gasteiger charge is -2.51. The summed E-state index contributed by atoms with van der Waals surface area (Å²) in [7, 11) is 0. The van der Waals surface area contributed by atoms with Gasteiger partial charge in [-0.2, -0.15) is 5.26 Å². The fourth-order valence-electron chi connectivity index (χ4n) is 5.54. The number of piperidine rings is 1. The van der Waals surface area contributed by atoms with Crippen molar-refractivity contribution in [2.45, 2.75) is 56.9 Å². The molecule has 0 saturated carbocycles. The standard InChI is InChI=1S/C24H32ClN5O3/c1-16(2)29-13-22(32)30(20(14-31)18-4-6-19(25)7-5-18)24(23(29)33)9-10-28(15-24)21-8-3-17(11-26)12-27-21/h4-7,16-17,20-21,27,31H,3,8-10,12-15H2,1-2H3. The number of benzene rings is 1. The summed E-state index contributed by atoms with van der Waals surface area (Å²) in [4.78, 5) is 33.0. The first-order valence-electron chi connectivity index (χ1n) is 11.7. The Morgan fingerprint density at radius 2 is 2.00 bits per heavy atom. The van der Waals surface area contributed by atoms with Crippen LogP contribution in [-0.2, 0) is 9.59 Å². The molecule has 1 aromatic carbocycles. The molecule has 33 heavy (non-hydrogen) atoms. The minimum atomic E-state index is -1.04. The summed E-state index contributed by atoms with van der Waals surface area (Å²) < 4.78 is 0. The first-order valence-corrected chi connectivity index (χ1v) is 12.0. The molecule has 3 fully saturated rings. The van der Waals surface area contributed by atoms with Gasteiger partial charge in [0, 0.05) is 30.7 Å². The molecule has 3 saturated heterocycles. The van der Waals surface area contributed by atoms with Gasteiger partial charge in [-0.05, 0) is 50.8 Å². The Morgan fingerprint density at radius 1 is 1.27 bits per heavy atom. The molecule has 2 amide bonds. The predicted molar refractivity (Wildman–Crippen MR) is 124 cm³/mol. The quantitative estimate of drug-likeness (QED) is 0.675. The number of nitrogens with one attached hydrogen (secondary N) is 1. The number of amides is 2. The van der Waals surface area contributed by atoms with Gasteiger partial charge in [0.1, 0.15) is 12.1 Å². The summed E-state index contributed by atoms with van der Waals surface area (Å²) in [6, 6.07) is 8.69. The number of carbonyl (C=O) groups excluding carboxylic acids is 2. The van der Waals surface area contributed by atoms with E-state index < -0.39 is 11.6 Å². The van der Waals surface area contributed by atoms with E-state index in [0.29, 0.717) is 31.1 Å². The zero-order valence-electron chi connectivity index (χ0n) is 19.2. The Morgan fingerprint density at radius 3 is 2.58 bits per heavy atom. The van der Waals surface area contributed by atoms with Crippen LogP contribution in [0, 0.1) is 17.2 Å². The highest BCUT2D eigenvalue weighted by molar-refractivity contribution is 6.30. The predicted octanol–water partition coefficient (Wildman–Crippen LogP) is 1.75. The molecule has 0 radical (unpaired) electrons. The number of piperazine rings is 1. The summed E-state index contributed by atoms with van der Waals surface area (Å²) in [6.07, 6.45) is 2.21. The second-order valence-corrected chi connectivity index (χ2v) is 10.1. The molecule has 3 aliphatic heterocycles. The Bertz CT molecular complexity index is 925. The van der Waals surface area contributed by atoms with Crippen molar-refractivity contribution < 1.29 is 14.7 Å². The van der Waals surface area contributed by atoms with E-state index >= 15 is 0 Å². The number of hydrogen-bond acceptors (Lipinski definition) is 6. The van der Waals surface area contributed by atoms with E-state index in [4.69, 9.17) is 11.6 Å². The van der Waals surface area contributed by atoms with E-state index in [1.165, 1.54) is 0 Å². The normalized spacial score (nSPS) is 29.7. The number of nitrogens with zero attached hydrogens (tertiary/aromatic N) is 4. The molecule has 4 unspecified atom stereocenters. The van der Waals surface area contributed by atoms with Crippen LogP contribution in [0.5, 0.6) is 0 Å². The molecule has 0 aliphatic carbocycles. The lowest BCUT2D eigenvalue weighted by atomic mass is 9.87. The molecule has 3 aliphatic rings. The molecule has 178 valence electrons. The maximum absolute atomic E-state index is 13.9. The molecular formula is C24H32ClN5O3. The van der Waals surface area contributed by atoms with Crippen molar-refractivity contribution in [3.8, 4) is 6.07 Å². The number of carbonyl (C=O) groups is 2. The third-order valence-electron chi connectivity index (χ3n) is 7.35. The Labute approximate surface area is 200 Å². The van der Waals surface area contributed by atoms with Gasteiger partial charge in [0.25, 0.3) is 5.91 Å². The Kier molecular flexibility index (Phi) is 6.96. The molecule has 8 nitrogen and oxygen atoms in total. The molecular weight excluding hydrogens is 442 g/mol. The van der Waals surface area contributed by atoms with Crippen LogP contribution in [0.3, 0.4) is 0 Å². The zero-order chi connectivity index (χ0) is 23.8. The van der Waals surface area contributed by atoms with E-state index in [9.17, 15) is 20.0 Å². The summed E-state index contributed by atoms with van der Waals surface area (Å²) in [5.74, 6) is -0.203. The second-order valence-electron chi connectivity index (χ2n) is 9.62. The minimum Gasteiger partial charge on any atom is -0.394 e.